The Balaban J connectivity index is 2.07. The first-order valence-electron chi connectivity index (χ1n) is 13.9. The molecule has 2 amide bonds. The lowest BCUT2D eigenvalue weighted by Crippen LogP contribution is -2.58. The highest BCUT2D eigenvalue weighted by Gasteiger charge is 2.34. The van der Waals surface area contributed by atoms with E-state index in [4.69, 9.17) is 4.74 Å². The van der Waals surface area contributed by atoms with Crippen LogP contribution in [-0.4, -0.2) is 91.4 Å². The number of aliphatic hydroxyl groups excluding tert-OH is 2. The third-order valence-electron chi connectivity index (χ3n) is 7.22. The largest absolute Gasteiger partial charge is 0.390 e. The highest BCUT2D eigenvalue weighted by atomic mass is 32.2. The molecule has 0 bridgehead atoms. The van der Waals surface area contributed by atoms with Gasteiger partial charge in [-0.3, -0.25) is 9.59 Å². The van der Waals surface area contributed by atoms with Gasteiger partial charge in [0.05, 0.1) is 31.4 Å². The maximum absolute atomic E-state index is 13.3. The van der Waals surface area contributed by atoms with Crippen LogP contribution < -0.4 is 15.4 Å². The Hall–Kier alpha value is -1.57. The van der Waals surface area contributed by atoms with E-state index in [9.17, 15) is 28.2 Å². The van der Waals surface area contributed by atoms with Crippen molar-refractivity contribution >= 4 is 22.0 Å². The molecular formula is C26H48N4O7S. The molecule has 38 heavy (non-hydrogen) atoms. The van der Waals surface area contributed by atoms with Crippen molar-refractivity contribution in [1.82, 2.24) is 19.7 Å². The van der Waals surface area contributed by atoms with Gasteiger partial charge in [-0.15, -0.1) is 6.58 Å². The van der Waals surface area contributed by atoms with E-state index in [-0.39, 0.29) is 38.6 Å². The summed E-state index contributed by atoms with van der Waals surface area (Å²) in [6.07, 6.45) is 5.78. The Morgan fingerprint density at radius 3 is 2.26 bits per heavy atom. The first kappa shape index (κ1) is 32.6. The molecule has 1 aliphatic heterocycles. The average Bonchev–Trinajstić information content (AvgIpc) is 2.88. The van der Waals surface area contributed by atoms with Gasteiger partial charge in [-0.25, -0.2) is 0 Å². The third-order valence-corrected chi connectivity index (χ3v) is 8.92. The van der Waals surface area contributed by atoms with E-state index in [0.717, 1.165) is 25.7 Å². The Labute approximate surface area is 227 Å². The fourth-order valence-corrected chi connectivity index (χ4v) is 6.41. The number of hydrogen-bond acceptors (Lipinski definition) is 7. The van der Waals surface area contributed by atoms with Crippen LogP contribution in [0.1, 0.15) is 72.1 Å². The van der Waals surface area contributed by atoms with Crippen molar-refractivity contribution in [2.75, 3.05) is 26.3 Å². The zero-order valence-corrected chi connectivity index (χ0v) is 23.9. The molecule has 11 nitrogen and oxygen atoms in total. The number of hydrogen-bond donors (Lipinski definition) is 5. The Morgan fingerprint density at radius 1 is 1.05 bits per heavy atom. The van der Waals surface area contributed by atoms with Crippen LogP contribution in [0.3, 0.4) is 0 Å². The molecule has 1 saturated heterocycles. The van der Waals surface area contributed by atoms with Gasteiger partial charge in [0, 0.05) is 13.1 Å². The van der Waals surface area contributed by atoms with Crippen LogP contribution >= 0.6 is 0 Å². The molecule has 0 spiro atoms. The average molecular weight is 561 g/mol. The molecule has 0 aromatic heterocycles. The summed E-state index contributed by atoms with van der Waals surface area (Å²) in [4.78, 5) is 26.2. The number of morpholine rings is 1. The third kappa shape index (κ3) is 10.5. The molecule has 5 N–H and O–H groups in total. The van der Waals surface area contributed by atoms with Crippen molar-refractivity contribution < 1.29 is 33.0 Å². The van der Waals surface area contributed by atoms with E-state index < -0.39 is 52.4 Å². The number of nitrogens with zero attached hydrogens (tertiary/aromatic N) is 1. The molecule has 2 rings (SSSR count). The van der Waals surface area contributed by atoms with E-state index in [1.165, 1.54) is 23.7 Å². The minimum absolute atomic E-state index is 0.112. The maximum Gasteiger partial charge on any atom is 0.280 e. The Kier molecular flexibility index (Phi) is 13.6. The first-order valence-corrected chi connectivity index (χ1v) is 15.3. The number of nitrogens with one attached hydrogen (secondary N) is 3. The van der Waals surface area contributed by atoms with Crippen LogP contribution in [0.4, 0.5) is 0 Å². The smallest absolute Gasteiger partial charge is 0.280 e. The molecule has 0 aromatic carbocycles. The van der Waals surface area contributed by atoms with Gasteiger partial charge in [-0.2, -0.15) is 17.4 Å². The zero-order valence-electron chi connectivity index (χ0n) is 23.1. The lowest BCUT2D eigenvalue weighted by molar-refractivity contribution is -0.131. The fraction of sp³-hybridized carbons (Fsp3) is 0.846. The number of carbonyl (C=O) groups is 2. The lowest BCUT2D eigenvalue weighted by atomic mass is 9.82. The quantitative estimate of drug-likeness (QED) is 0.186. The topological polar surface area (TPSA) is 157 Å². The molecule has 12 heteroatoms. The summed E-state index contributed by atoms with van der Waals surface area (Å²) in [6, 6.07) is -2.82. The van der Waals surface area contributed by atoms with Crippen LogP contribution in [-0.2, 0) is 24.5 Å². The van der Waals surface area contributed by atoms with Crippen molar-refractivity contribution in [3.8, 4) is 0 Å². The second-order valence-electron chi connectivity index (χ2n) is 11.0. The van der Waals surface area contributed by atoms with Crippen LogP contribution in [0.5, 0.6) is 0 Å². The van der Waals surface area contributed by atoms with Crippen LogP contribution in [0.2, 0.25) is 0 Å². The van der Waals surface area contributed by atoms with E-state index in [1.807, 2.05) is 13.8 Å². The van der Waals surface area contributed by atoms with Gasteiger partial charge in [0.2, 0.25) is 11.8 Å². The van der Waals surface area contributed by atoms with Crippen LogP contribution in [0.25, 0.3) is 0 Å². The summed E-state index contributed by atoms with van der Waals surface area (Å²) < 4.78 is 34.0. The molecule has 220 valence electrons. The fourth-order valence-electron chi connectivity index (χ4n) is 5.07. The molecule has 1 saturated carbocycles. The van der Waals surface area contributed by atoms with E-state index in [2.05, 4.69) is 21.9 Å². The van der Waals surface area contributed by atoms with Gasteiger partial charge in [0.1, 0.15) is 12.1 Å². The zero-order chi connectivity index (χ0) is 28.3. The molecule has 5 atom stereocenters. The second-order valence-corrected chi connectivity index (χ2v) is 12.7. The summed E-state index contributed by atoms with van der Waals surface area (Å²) in [5.41, 5.74) is 0. The van der Waals surface area contributed by atoms with Gasteiger partial charge in [0.25, 0.3) is 10.2 Å². The summed E-state index contributed by atoms with van der Waals surface area (Å²) in [6.45, 7) is 9.94. The monoisotopic (exact) mass is 560 g/mol. The first-order chi connectivity index (χ1) is 17.9. The van der Waals surface area contributed by atoms with Crippen molar-refractivity contribution in [1.29, 1.82) is 0 Å². The summed E-state index contributed by atoms with van der Waals surface area (Å²) in [5.74, 6) is -0.677. The maximum atomic E-state index is 13.3. The molecule has 1 heterocycles. The second kappa shape index (κ2) is 15.9. The standard InChI is InChI=1S/C26H48N4O7S/c1-5-9-21(27-25(33)19(4)29-38(35,36)30-12-14-37-15-13-30)26(34)28-22(17-20-10-7-6-8-11-20)24(32)23(31)16-18(2)3/h5,18-24,29,31-32H,1,6-17H2,2-4H3,(H,27,33)(H,28,34)/t19-,21-,22+,23+,24-/m0/s1. The highest BCUT2D eigenvalue weighted by molar-refractivity contribution is 7.87. The molecule has 2 aliphatic rings. The van der Waals surface area contributed by atoms with Crippen molar-refractivity contribution in [3.63, 3.8) is 0 Å². The van der Waals surface area contributed by atoms with Crippen molar-refractivity contribution in [3.05, 3.63) is 12.7 Å². The lowest BCUT2D eigenvalue weighted by Gasteiger charge is -2.33. The molecule has 1 aliphatic carbocycles. The summed E-state index contributed by atoms with van der Waals surface area (Å²) >= 11 is 0. The van der Waals surface area contributed by atoms with E-state index in [1.54, 1.807) is 0 Å². The molecule has 2 fully saturated rings. The SMILES string of the molecule is C=CC[C@H](NC(=O)[C@H](C)NS(=O)(=O)N1CCOCC1)C(=O)N[C@H](CC1CCCCC1)[C@H](O)[C@H](O)CC(C)C. The summed E-state index contributed by atoms with van der Waals surface area (Å²) in [5, 5.41) is 27.1. The number of ether oxygens (including phenoxy) is 1. The summed E-state index contributed by atoms with van der Waals surface area (Å²) in [7, 11) is -3.90. The van der Waals surface area contributed by atoms with Crippen LogP contribution in [0, 0.1) is 11.8 Å². The van der Waals surface area contributed by atoms with Crippen molar-refractivity contribution in [2.24, 2.45) is 11.8 Å². The predicted molar refractivity (Wildman–Crippen MR) is 145 cm³/mol. The number of carbonyl (C=O) groups excluding carboxylic acids is 2. The normalized spacial score (nSPS) is 21.7. The van der Waals surface area contributed by atoms with Gasteiger partial charge in [0.15, 0.2) is 0 Å². The Morgan fingerprint density at radius 2 is 1.68 bits per heavy atom. The minimum Gasteiger partial charge on any atom is -0.390 e. The van der Waals surface area contributed by atoms with E-state index >= 15 is 0 Å². The van der Waals surface area contributed by atoms with Gasteiger partial charge in [-0.1, -0.05) is 52.0 Å². The van der Waals surface area contributed by atoms with Crippen molar-refractivity contribution in [2.45, 2.75) is 102 Å². The number of aliphatic hydroxyl groups is 2. The highest BCUT2D eigenvalue weighted by Crippen LogP contribution is 2.29. The Bertz CT molecular complexity index is 858. The molecule has 0 radical (unpaired) electrons. The van der Waals surface area contributed by atoms with Gasteiger partial charge < -0.3 is 25.6 Å². The van der Waals surface area contributed by atoms with Gasteiger partial charge >= 0.3 is 0 Å². The van der Waals surface area contributed by atoms with Gasteiger partial charge in [-0.05, 0) is 38.0 Å². The molecule has 0 aromatic rings. The molecular weight excluding hydrogens is 512 g/mol. The number of rotatable bonds is 15. The predicted octanol–water partition coefficient (Wildman–Crippen LogP) is 0.826. The minimum atomic E-state index is -3.90. The van der Waals surface area contributed by atoms with E-state index in [0.29, 0.717) is 18.8 Å². The van der Waals surface area contributed by atoms with Crippen LogP contribution in [0.15, 0.2) is 12.7 Å². The molecule has 0 unspecified atom stereocenters. The number of amides is 2.